The van der Waals surface area contributed by atoms with E-state index in [1.165, 1.54) is 5.56 Å². The zero-order valence-electron chi connectivity index (χ0n) is 19.3. The van der Waals surface area contributed by atoms with Gasteiger partial charge in [0.15, 0.2) is 0 Å². The van der Waals surface area contributed by atoms with Gasteiger partial charge < -0.3 is 10.2 Å². The van der Waals surface area contributed by atoms with Crippen LogP contribution in [0, 0.1) is 12.8 Å². The van der Waals surface area contributed by atoms with Crippen molar-refractivity contribution in [2.24, 2.45) is 5.92 Å². The van der Waals surface area contributed by atoms with Crippen molar-refractivity contribution in [2.75, 3.05) is 13.1 Å². The molecule has 1 unspecified atom stereocenters. The SMILES string of the molecule is CCN(CCC(C)c1ccc(Cl)cc1)C(=O)[C@H](NC(=O)Cc1cccc(C)c1)C(C)C. The summed E-state index contributed by atoms with van der Waals surface area (Å²) in [6.07, 6.45) is 1.13. The van der Waals surface area contributed by atoms with E-state index in [1.807, 2.05) is 81.1 Å². The smallest absolute Gasteiger partial charge is 0.245 e. The second-order valence-corrected chi connectivity index (χ2v) is 9.05. The van der Waals surface area contributed by atoms with Gasteiger partial charge in [-0.25, -0.2) is 0 Å². The van der Waals surface area contributed by atoms with Crippen LogP contribution in [0.4, 0.5) is 0 Å². The van der Waals surface area contributed by atoms with Crippen molar-refractivity contribution in [1.29, 1.82) is 0 Å². The van der Waals surface area contributed by atoms with Gasteiger partial charge in [0.05, 0.1) is 6.42 Å². The molecule has 0 heterocycles. The van der Waals surface area contributed by atoms with E-state index in [-0.39, 0.29) is 24.2 Å². The maximum absolute atomic E-state index is 13.2. The number of carbonyl (C=O) groups is 2. The molecule has 2 atom stereocenters. The Balaban J connectivity index is 1.98. The zero-order chi connectivity index (χ0) is 23.0. The Morgan fingerprint density at radius 2 is 1.74 bits per heavy atom. The fourth-order valence-corrected chi connectivity index (χ4v) is 3.80. The van der Waals surface area contributed by atoms with E-state index in [4.69, 9.17) is 11.6 Å². The molecule has 31 heavy (non-hydrogen) atoms. The lowest BCUT2D eigenvalue weighted by atomic mass is 9.97. The van der Waals surface area contributed by atoms with Crippen LogP contribution in [-0.4, -0.2) is 35.8 Å². The summed E-state index contributed by atoms with van der Waals surface area (Å²) in [5.41, 5.74) is 3.28. The number of nitrogens with one attached hydrogen (secondary N) is 1. The number of aryl methyl sites for hydroxylation is 1. The van der Waals surface area contributed by atoms with Gasteiger partial charge in [0.1, 0.15) is 6.04 Å². The lowest BCUT2D eigenvalue weighted by Crippen LogP contribution is -2.51. The van der Waals surface area contributed by atoms with Crippen LogP contribution < -0.4 is 5.32 Å². The molecule has 4 nitrogen and oxygen atoms in total. The van der Waals surface area contributed by atoms with Gasteiger partial charge in [-0.2, -0.15) is 0 Å². The van der Waals surface area contributed by atoms with Crippen LogP contribution in [0.15, 0.2) is 48.5 Å². The molecule has 0 aromatic heterocycles. The van der Waals surface area contributed by atoms with Gasteiger partial charge in [-0.3, -0.25) is 9.59 Å². The van der Waals surface area contributed by atoms with Crippen LogP contribution in [0.2, 0.25) is 5.02 Å². The van der Waals surface area contributed by atoms with Crippen LogP contribution in [0.1, 0.15) is 56.7 Å². The second kappa shape index (κ2) is 11.9. The summed E-state index contributed by atoms with van der Waals surface area (Å²) < 4.78 is 0. The summed E-state index contributed by atoms with van der Waals surface area (Å²) in [6.45, 7) is 11.4. The highest BCUT2D eigenvalue weighted by molar-refractivity contribution is 6.30. The molecule has 0 fully saturated rings. The maximum atomic E-state index is 13.2. The predicted octanol–water partition coefficient (Wildman–Crippen LogP) is 5.37. The fraction of sp³-hybridized carbons (Fsp3) is 0.462. The molecule has 0 aliphatic heterocycles. The van der Waals surface area contributed by atoms with E-state index in [0.717, 1.165) is 22.6 Å². The highest BCUT2D eigenvalue weighted by Gasteiger charge is 2.28. The first-order valence-electron chi connectivity index (χ1n) is 11.1. The summed E-state index contributed by atoms with van der Waals surface area (Å²) in [5.74, 6) is 0.186. The van der Waals surface area contributed by atoms with Crippen molar-refractivity contribution in [3.63, 3.8) is 0 Å². The first-order valence-corrected chi connectivity index (χ1v) is 11.5. The normalized spacial score (nSPS) is 13.0. The Bertz CT molecular complexity index is 864. The predicted molar refractivity (Wildman–Crippen MR) is 128 cm³/mol. The lowest BCUT2D eigenvalue weighted by Gasteiger charge is -2.30. The minimum absolute atomic E-state index is 0.0108. The number of likely N-dealkylation sites (N-methyl/N-ethyl adjacent to an activating group) is 1. The highest BCUT2D eigenvalue weighted by atomic mass is 35.5. The third-order valence-corrected chi connectivity index (χ3v) is 5.91. The molecule has 5 heteroatoms. The van der Waals surface area contributed by atoms with Crippen molar-refractivity contribution < 1.29 is 9.59 Å². The molecule has 0 radical (unpaired) electrons. The summed E-state index contributed by atoms with van der Waals surface area (Å²) in [4.78, 5) is 27.7. The monoisotopic (exact) mass is 442 g/mol. The zero-order valence-corrected chi connectivity index (χ0v) is 20.1. The number of hydrogen-bond donors (Lipinski definition) is 1. The van der Waals surface area contributed by atoms with Crippen molar-refractivity contribution in [1.82, 2.24) is 10.2 Å². The Hall–Kier alpha value is -2.33. The van der Waals surface area contributed by atoms with Crippen LogP contribution in [0.25, 0.3) is 0 Å². The molecule has 0 aliphatic carbocycles. The second-order valence-electron chi connectivity index (χ2n) is 8.61. The molecule has 2 rings (SSSR count). The fourth-order valence-electron chi connectivity index (χ4n) is 3.67. The maximum Gasteiger partial charge on any atom is 0.245 e. The molecule has 168 valence electrons. The lowest BCUT2D eigenvalue weighted by molar-refractivity contribution is -0.137. The molecular formula is C26H35ClN2O2. The van der Waals surface area contributed by atoms with E-state index in [9.17, 15) is 9.59 Å². The molecule has 0 saturated carbocycles. The molecule has 0 aliphatic rings. The van der Waals surface area contributed by atoms with Crippen LogP contribution in [0.3, 0.4) is 0 Å². The number of nitrogens with zero attached hydrogens (tertiary/aromatic N) is 1. The van der Waals surface area contributed by atoms with Crippen molar-refractivity contribution in [3.8, 4) is 0 Å². The first kappa shape index (κ1) is 24.9. The molecule has 2 aromatic carbocycles. The molecule has 0 spiro atoms. The minimum atomic E-state index is -0.525. The van der Waals surface area contributed by atoms with Gasteiger partial charge in [0.25, 0.3) is 0 Å². The van der Waals surface area contributed by atoms with Crippen LogP contribution in [0.5, 0.6) is 0 Å². The number of benzene rings is 2. The van der Waals surface area contributed by atoms with Gasteiger partial charge in [0.2, 0.25) is 11.8 Å². The summed E-state index contributed by atoms with van der Waals surface area (Å²) in [6, 6.07) is 15.2. The average molecular weight is 443 g/mol. The largest absolute Gasteiger partial charge is 0.344 e. The Labute approximate surface area is 192 Å². The third kappa shape index (κ3) is 7.70. The molecular weight excluding hydrogens is 408 g/mol. The van der Waals surface area contributed by atoms with Gasteiger partial charge in [0, 0.05) is 18.1 Å². The van der Waals surface area contributed by atoms with Gasteiger partial charge in [-0.15, -0.1) is 0 Å². The Morgan fingerprint density at radius 3 is 2.32 bits per heavy atom. The van der Waals surface area contributed by atoms with Crippen LogP contribution >= 0.6 is 11.6 Å². The molecule has 0 saturated heterocycles. The average Bonchev–Trinajstić information content (AvgIpc) is 2.72. The van der Waals surface area contributed by atoms with E-state index >= 15 is 0 Å². The number of halogens is 1. The molecule has 2 amide bonds. The Kier molecular flexibility index (Phi) is 9.57. The number of hydrogen-bond acceptors (Lipinski definition) is 2. The van der Waals surface area contributed by atoms with Crippen LogP contribution in [-0.2, 0) is 16.0 Å². The molecule has 1 N–H and O–H groups in total. The molecule has 0 bridgehead atoms. The van der Waals surface area contributed by atoms with Crippen molar-refractivity contribution in [2.45, 2.75) is 59.4 Å². The Morgan fingerprint density at radius 1 is 1.06 bits per heavy atom. The summed E-state index contributed by atoms with van der Waals surface area (Å²) in [5, 5.41) is 3.70. The number of carbonyl (C=O) groups excluding carboxylic acids is 2. The van der Waals surface area contributed by atoms with E-state index < -0.39 is 6.04 Å². The van der Waals surface area contributed by atoms with Crippen molar-refractivity contribution >= 4 is 23.4 Å². The highest BCUT2D eigenvalue weighted by Crippen LogP contribution is 2.22. The topological polar surface area (TPSA) is 49.4 Å². The number of amides is 2. The van der Waals surface area contributed by atoms with Gasteiger partial charge in [-0.1, -0.05) is 74.3 Å². The quantitative estimate of drug-likeness (QED) is 0.537. The minimum Gasteiger partial charge on any atom is -0.344 e. The summed E-state index contributed by atoms with van der Waals surface area (Å²) in [7, 11) is 0. The first-order chi connectivity index (χ1) is 14.7. The standard InChI is InChI=1S/C26H35ClN2O2/c1-6-29(15-14-20(5)22-10-12-23(27)13-11-22)26(31)25(18(2)3)28-24(30)17-21-9-7-8-19(4)16-21/h7-13,16,18,20,25H,6,14-15,17H2,1-5H3,(H,28,30)/t20?,25-/m1/s1. The molecule has 2 aromatic rings. The number of rotatable bonds is 10. The van der Waals surface area contributed by atoms with Gasteiger partial charge in [-0.05, 0) is 55.4 Å². The van der Waals surface area contributed by atoms with Crippen molar-refractivity contribution in [3.05, 3.63) is 70.2 Å². The van der Waals surface area contributed by atoms with Gasteiger partial charge >= 0.3 is 0 Å². The van der Waals surface area contributed by atoms with E-state index in [1.54, 1.807) is 0 Å². The summed E-state index contributed by atoms with van der Waals surface area (Å²) >= 11 is 5.99. The van der Waals surface area contributed by atoms with E-state index in [0.29, 0.717) is 19.0 Å². The third-order valence-electron chi connectivity index (χ3n) is 5.66. The van der Waals surface area contributed by atoms with E-state index in [2.05, 4.69) is 12.2 Å².